The maximum Gasteiger partial charge on any atom is 0.118 e. The zero-order chi connectivity index (χ0) is 19.6. The Bertz CT molecular complexity index is 608. The molecule has 150 valence electrons. The maximum atomic E-state index is 10.2. The van der Waals surface area contributed by atoms with Crippen LogP contribution in [-0.2, 0) is 16.1 Å². The second kappa shape index (κ2) is 11.2. The van der Waals surface area contributed by atoms with Crippen molar-refractivity contribution in [3.05, 3.63) is 53.6 Å². The lowest BCUT2D eigenvalue weighted by atomic mass is 9.96. The van der Waals surface area contributed by atoms with Crippen molar-refractivity contribution in [2.75, 3.05) is 20.3 Å². The molecule has 5 heteroatoms. The Balaban J connectivity index is 1.74. The molecule has 2 rings (SSSR count). The molecular formula is C22H32O5. The summed E-state index contributed by atoms with van der Waals surface area (Å²) >= 11 is 0. The molecule has 1 aromatic carbocycles. The second-order valence-corrected chi connectivity index (χ2v) is 7.20. The molecule has 1 aliphatic rings. The van der Waals surface area contributed by atoms with E-state index in [1.165, 1.54) is 0 Å². The van der Waals surface area contributed by atoms with Gasteiger partial charge in [-0.05, 0) is 50.3 Å². The minimum atomic E-state index is -0.556. The van der Waals surface area contributed by atoms with Crippen molar-refractivity contribution in [3.8, 4) is 5.75 Å². The monoisotopic (exact) mass is 376 g/mol. The third-order valence-corrected chi connectivity index (χ3v) is 4.59. The number of aliphatic hydroxyl groups excluding tert-OH is 2. The van der Waals surface area contributed by atoms with E-state index in [1.54, 1.807) is 7.11 Å². The Morgan fingerprint density at radius 1 is 1.33 bits per heavy atom. The number of methoxy groups -OCH3 is 1. The van der Waals surface area contributed by atoms with Crippen molar-refractivity contribution >= 4 is 0 Å². The third-order valence-electron chi connectivity index (χ3n) is 4.59. The number of hydrogen-bond donors (Lipinski definition) is 2. The fraction of sp³-hybridized carbons (Fsp3) is 0.545. The molecule has 27 heavy (non-hydrogen) atoms. The highest BCUT2D eigenvalue weighted by Gasteiger charge is 2.23. The van der Waals surface area contributed by atoms with E-state index in [-0.39, 0.29) is 25.4 Å². The van der Waals surface area contributed by atoms with Gasteiger partial charge in [-0.1, -0.05) is 35.9 Å². The normalized spacial score (nSPS) is 21.9. The van der Waals surface area contributed by atoms with Gasteiger partial charge in [0.15, 0.2) is 0 Å². The molecule has 3 atom stereocenters. The fourth-order valence-electron chi connectivity index (χ4n) is 3.30. The molecule has 0 spiro atoms. The molecule has 0 unspecified atom stereocenters. The van der Waals surface area contributed by atoms with Crippen molar-refractivity contribution in [2.45, 2.75) is 57.5 Å². The van der Waals surface area contributed by atoms with Crippen molar-refractivity contribution < 1.29 is 24.4 Å². The van der Waals surface area contributed by atoms with Crippen LogP contribution < -0.4 is 4.74 Å². The lowest BCUT2D eigenvalue weighted by Crippen LogP contribution is -2.28. The van der Waals surface area contributed by atoms with Crippen LogP contribution >= 0.6 is 0 Å². The average Bonchev–Trinajstić information content (AvgIpc) is 2.62. The van der Waals surface area contributed by atoms with Crippen LogP contribution in [0.2, 0.25) is 0 Å². The summed E-state index contributed by atoms with van der Waals surface area (Å²) < 4.78 is 16.7. The van der Waals surface area contributed by atoms with E-state index >= 15 is 0 Å². The Morgan fingerprint density at radius 2 is 2.07 bits per heavy atom. The minimum Gasteiger partial charge on any atom is -0.497 e. The zero-order valence-electron chi connectivity index (χ0n) is 16.4. The van der Waals surface area contributed by atoms with E-state index in [1.807, 2.05) is 31.2 Å². The molecule has 1 aliphatic heterocycles. The van der Waals surface area contributed by atoms with Gasteiger partial charge < -0.3 is 24.4 Å². The summed E-state index contributed by atoms with van der Waals surface area (Å²) in [6.07, 6.45) is 4.28. The highest BCUT2D eigenvalue weighted by molar-refractivity contribution is 5.26. The van der Waals surface area contributed by atoms with Crippen LogP contribution in [0.15, 0.2) is 48.1 Å². The van der Waals surface area contributed by atoms with E-state index < -0.39 is 6.10 Å². The molecule has 0 bridgehead atoms. The van der Waals surface area contributed by atoms with E-state index in [0.29, 0.717) is 19.4 Å². The summed E-state index contributed by atoms with van der Waals surface area (Å²) in [5, 5.41) is 19.3. The largest absolute Gasteiger partial charge is 0.497 e. The predicted octanol–water partition coefficient (Wildman–Crippen LogP) is 3.40. The first-order valence-corrected chi connectivity index (χ1v) is 9.49. The molecule has 0 aromatic heterocycles. The van der Waals surface area contributed by atoms with Gasteiger partial charge in [-0.25, -0.2) is 0 Å². The van der Waals surface area contributed by atoms with Crippen LogP contribution in [0.4, 0.5) is 0 Å². The van der Waals surface area contributed by atoms with Gasteiger partial charge in [-0.2, -0.15) is 0 Å². The van der Waals surface area contributed by atoms with Crippen LogP contribution in [0.5, 0.6) is 5.75 Å². The van der Waals surface area contributed by atoms with Crippen molar-refractivity contribution in [2.24, 2.45) is 0 Å². The first-order chi connectivity index (χ1) is 13.0. The van der Waals surface area contributed by atoms with Gasteiger partial charge in [0.2, 0.25) is 0 Å². The van der Waals surface area contributed by atoms with Gasteiger partial charge in [-0.3, -0.25) is 0 Å². The number of aliphatic hydroxyl groups is 2. The number of rotatable bonds is 10. The van der Waals surface area contributed by atoms with Crippen molar-refractivity contribution in [1.29, 1.82) is 0 Å². The van der Waals surface area contributed by atoms with Gasteiger partial charge >= 0.3 is 0 Å². The first kappa shape index (κ1) is 21.6. The van der Waals surface area contributed by atoms with Crippen LogP contribution in [0.25, 0.3) is 0 Å². The quantitative estimate of drug-likeness (QED) is 0.613. The smallest absolute Gasteiger partial charge is 0.118 e. The highest BCUT2D eigenvalue weighted by Crippen LogP contribution is 2.26. The molecule has 0 saturated carbocycles. The van der Waals surface area contributed by atoms with E-state index in [4.69, 9.17) is 19.3 Å². The fourth-order valence-corrected chi connectivity index (χ4v) is 3.30. The van der Waals surface area contributed by atoms with Crippen molar-refractivity contribution in [3.63, 3.8) is 0 Å². The average molecular weight is 376 g/mol. The van der Waals surface area contributed by atoms with Gasteiger partial charge in [0.1, 0.15) is 5.75 Å². The number of hydrogen-bond acceptors (Lipinski definition) is 5. The van der Waals surface area contributed by atoms with Gasteiger partial charge in [0.25, 0.3) is 0 Å². The summed E-state index contributed by atoms with van der Waals surface area (Å²) in [5.74, 6) is 0.813. The number of ether oxygens (including phenoxy) is 3. The molecule has 0 radical (unpaired) electrons. The van der Waals surface area contributed by atoms with Gasteiger partial charge in [-0.15, -0.1) is 0 Å². The summed E-state index contributed by atoms with van der Waals surface area (Å²) in [7, 11) is 1.64. The van der Waals surface area contributed by atoms with Gasteiger partial charge in [0.05, 0.1) is 38.6 Å². The van der Waals surface area contributed by atoms with Gasteiger partial charge in [0, 0.05) is 6.61 Å². The van der Waals surface area contributed by atoms with Crippen LogP contribution in [0, 0.1) is 0 Å². The molecule has 1 heterocycles. The Morgan fingerprint density at radius 3 is 2.74 bits per heavy atom. The third kappa shape index (κ3) is 7.85. The molecule has 1 fully saturated rings. The summed E-state index contributed by atoms with van der Waals surface area (Å²) in [6, 6.07) is 7.69. The highest BCUT2D eigenvalue weighted by atomic mass is 16.5. The molecule has 1 aromatic rings. The van der Waals surface area contributed by atoms with Crippen LogP contribution in [0.1, 0.15) is 38.2 Å². The standard InChI is InChI=1S/C22H32O5/c1-16(12-22-13-17(2)11-21(27-22)8-9-23)10-19(24)15-26-14-18-4-6-20(25-3)7-5-18/h4-7,12,19,21-24H,2,8-11,13-15H2,1,3H3/b16-12-/t19-,21-,22+/m0/s1. The second-order valence-electron chi connectivity index (χ2n) is 7.20. The van der Waals surface area contributed by atoms with Crippen LogP contribution in [0.3, 0.4) is 0 Å². The first-order valence-electron chi connectivity index (χ1n) is 9.49. The summed E-state index contributed by atoms with van der Waals surface area (Å²) in [4.78, 5) is 0. The topological polar surface area (TPSA) is 68.2 Å². The molecule has 5 nitrogen and oxygen atoms in total. The zero-order valence-corrected chi connectivity index (χ0v) is 16.4. The lowest BCUT2D eigenvalue weighted by Gasteiger charge is -2.30. The maximum absolute atomic E-state index is 10.2. The molecule has 2 N–H and O–H groups in total. The summed E-state index contributed by atoms with van der Waals surface area (Å²) in [5.41, 5.74) is 3.26. The Kier molecular flexibility index (Phi) is 9.01. The SMILES string of the molecule is C=C1C[C@H](CCO)O[C@H](/C=C(/C)C[C@H](O)COCc2ccc(OC)cc2)C1. The number of benzene rings is 1. The van der Waals surface area contributed by atoms with E-state index in [0.717, 1.165) is 35.3 Å². The van der Waals surface area contributed by atoms with Crippen LogP contribution in [-0.4, -0.2) is 48.8 Å². The molecular weight excluding hydrogens is 344 g/mol. The molecule has 1 saturated heterocycles. The minimum absolute atomic E-state index is 0.0306. The Labute approximate surface area is 162 Å². The predicted molar refractivity (Wildman–Crippen MR) is 106 cm³/mol. The molecule has 0 amide bonds. The Hall–Kier alpha value is -1.66. The van der Waals surface area contributed by atoms with E-state index in [2.05, 4.69) is 12.7 Å². The summed E-state index contributed by atoms with van der Waals surface area (Å²) in [6.45, 7) is 6.93. The van der Waals surface area contributed by atoms with Crippen molar-refractivity contribution in [1.82, 2.24) is 0 Å². The molecule has 0 aliphatic carbocycles. The lowest BCUT2D eigenvalue weighted by molar-refractivity contribution is -0.0181. The van der Waals surface area contributed by atoms with E-state index in [9.17, 15) is 5.11 Å².